The van der Waals surface area contributed by atoms with E-state index in [0.29, 0.717) is 53.9 Å². The van der Waals surface area contributed by atoms with Crippen LogP contribution in [0.4, 0.5) is 5.69 Å². The Morgan fingerprint density at radius 1 is 0.939 bits per heavy atom. The van der Waals surface area contributed by atoms with E-state index in [4.69, 9.17) is 18.6 Å². The molecule has 7 nitrogen and oxygen atoms in total. The summed E-state index contributed by atoms with van der Waals surface area (Å²) in [6.45, 7) is 3.18. The molecule has 0 aliphatic carbocycles. The molecule has 0 saturated heterocycles. The van der Waals surface area contributed by atoms with Crippen LogP contribution in [0.1, 0.15) is 21.5 Å². The van der Waals surface area contributed by atoms with Gasteiger partial charge in [-0.25, -0.2) is 4.79 Å². The molecule has 1 amide bonds. The molecule has 0 bridgehead atoms. The van der Waals surface area contributed by atoms with E-state index in [-0.39, 0.29) is 11.5 Å². The normalized spacial score (nSPS) is 12.4. The molecule has 33 heavy (non-hydrogen) atoms. The zero-order valence-electron chi connectivity index (χ0n) is 17.9. The molecular weight excluding hydrogens is 422 g/mol. The summed E-state index contributed by atoms with van der Waals surface area (Å²) in [6, 6.07) is 19.4. The molecule has 4 aromatic rings. The van der Waals surface area contributed by atoms with Crippen molar-refractivity contribution < 1.29 is 23.4 Å². The van der Waals surface area contributed by atoms with Crippen LogP contribution in [0.15, 0.2) is 75.9 Å². The van der Waals surface area contributed by atoms with Crippen LogP contribution < -0.4 is 25.2 Å². The van der Waals surface area contributed by atoms with Crippen molar-refractivity contribution in [3.63, 3.8) is 0 Å². The lowest BCUT2D eigenvalue weighted by molar-refractivity contribution is 0.102. The van der Waals surface area contributed by atoms with E-state index < -0.39 is 0 Å². The van der Waals surface area contributed by atoms with Crippen LogP contribution in [0.5, 0.6) is 17.2 Å². The lowest BCUT2D eigenvalue weighted by atomic mass is 10.1. The van der Waals surface area contributed by atoms with Crippen molar-refractivity contribution in [2.45, 2.75) is 13.5 Å². The first kappa shape index (κ1) is 20.6. The van der Waals surface area contributed by atoms with Crippen LogP contribution in [0.3, 0.4) is 0 Å². The molecule has 2 heterocycles. The number of carbonyl (C=O) groups is 1. The SMILES string of the molecule is Cc1cc(=O)oc2cc(OCc3ccc(C(=O)Nc4ccc5c(c4)OCCO5)cc3)ccc12. The Hall–Kier alpha value is -4.26. The van der Waals surface area contributed by atoms with Crippen molar-refractivity contribution in [1.82, 2.24) is 0 Å². The molecule has 1 aliphatic heterocycles. The number of carbonyl (C=O) groups excluding carboxylic acids is 1. The van der Waals surface area contributed by atoms with Gasteiger partial charge < -0.3 is 23.9 Å². The van der Waals surface area contributed by atoms with Crippen LogP contribution in [0, 0.1) is 6.92 Å². The summed E-state index contributed by atoms with van der Waals surface area (Å²) in [4.78, 5) is 24.2. The van der Waals surface area contributed by atoms with Crippen molar-refractivity contribution >= 4 is 22.6 Å². The zero-order chi connectivity index (χ0) is 22.8. The molecule has 0 radical (unpaired) electrons. The molecule has 0 spiro atoms. The molecule has 5 rings (SSSR count). The third kappa shape index (κ3) is 4.52. The van der Waals surface area contributed by atoms with E-state index in [1.807, 2.05) is 31.2 Å². The van der Waals surface area contributed by atoms with Crippen molar-refractivity contribution in [2.75, 3.05) is 18.5 Å². The number of hydrogen-bond acceptors (Lipinski definition) is 6. The van der Waals surface area contributed by atoms with Gasteiger partial charge in [0.2, 0.25) is 0 Å². The standard InChI is InChI=1S/C26H21NO6/c1-16-12-25(28)33-23-14-20(7-8-21(16)23)32-15-17-2-4-18(5-3-17)26(29)27-19-6-9-22-24(13-19)31-11-10-30-22/h2-9,12-14H,10-11,15H2,1H3,(H,27,29). The summed E-state index contributed by atoms with van der Waals surface area (Å²) in [7, 11) is 0. The predicted octanol–water partition coefficient (Wildman–Crippen LogP) is 4.70. The monoisotopic (exact) mass is 443 g/mol. The Bertz CT molecular complexity index is 1390. The van der Waals surface area contributed by atoms with E-state index in [9.17, 15) is 9.59 Å². The number of rotatable bonds is 5. The number of aryl methyl sites for hydroxylation is 1. The number of ether oxygens (including phenoxy) is 3. The van der Waals surface area contributed by atoms with Crippen LogP contribution in [-0.4, -0.2) is 19.1 Å². The van der Waals surface area contributed by atoms with Gasteiger partial charge in [-0.2, -0.15) is 0 Å². The highest BCUT2D eigenvalue weighted by Crippen LogP contribution is 2.32. The Labute approximate surface area is 189 Å². The lowest BCUT2D eigenvalue weighted by Gasteiger charge is -2.19. The van der Waals surface area contributed by atoms with E-state index in [0.717, 1.165) is 16.5 Å². The topological polar surface area (TPSA) is 87.0 Å². The smallest absolute Gasteiger partial charge is 0.336 e. The van der Waals surface area contributed by atoms with E-state index >= 15 is 0 Å². The minimum Gasteiger partial charge on any atom is -0.489 e. The number of anilines is 1. The fourth-order valence-electron chi connectivity index (χ4n) is 3.64. The van der Waals surface area contributed by atoms with Gasteiger partial charge in [0.05, 0.1) is 0 Å². The first-order chi connectivity index (χ1) is 16.0. The van der Waals surface area contributed by atoms with Crippen LogP contribution in [0.25, 0.3) is 11.0 Å². The first-order valence-electron chi connectivity index (χ1n) is 10.5. The van der Waals surface area contributed by atoms with Gasteiger partial charge in [0.25, 0.3) is 5.91 Å². The van der Waals surface area contributed by atoms with Gasteiger partial charge in [-0.15, -0.1) is 0 Å². The molecule has 0 atom stereocenters. The van der Waals surface area contributed by atoms with Crippen LogP contribution in [-0.2, 0) is 6.61 Å². The first-order valence-corrected chi connectivity index (χ1v) is 10.5. The second-order valence-corrected chi connectivity index (χ2v) is 7.70. The number of amides is 1. The summed E-state index contributed by atoms with van der Waals surface area (Å²) < 4.78 is 22.2. The van der Waals surface area contributed by atoms with Crippen molar-refractivity contribution in [2.24, 2.45) is 0 Å². The zero-order valence-corrected chi connectivity index (χ0v) is 17.9. The van der Waals surface area contributed by atoms with Crippen molar-refractivity contribution in [1.29, 1.82) is 0 Å². The molecule has 1 aromatic heterocycles. The molecule has 0 saturated carbocycles. The van der Waals surface area contributed by atoms with Gasteiger partial charge in [0.15, 0.2) is 11.5 Å². The maximum absolute atomic E-state index is 12.6. The molecule has 7 heteroatoms. The number of benzene rings is 3. The number of hydrogen-bond donors (Lipinski definition) is 1. The molecule has 1 N–H and O–H groups in total. The fourth-order valence-corrected chi connectivity index (χ4v) is 3.64. The highest BCUT2D eigenvalue weighted by atomic mass is 16.6. The Balaban J connectivity index is 1.23. The quantitative estimate of drug-likeness (QED) is 0.450. The van der Waals surface area contributed by atoms with Gasteiger partial charge in [-0.3, -0.25) is 4.79 Å². The number of nitrogens with one attached hydrogen (secondary N) is 1. The Morgan fingerprint density at radius 2 is 1.73 bits per heavy atom. The van der Waals surface area contributed by atoms with Crippen molar-refractivity contribution in [3.05, 3.63) is 93.8 Å². The molecule has 166 valence electrons. The van der Waals surface area contributed by atoms with Crippen LogP contribution in [0.2, 0.25) is 0 Å². The average molecular weight is 443 g/mol. The Morgan fingerprint density at radius 3 is 2.55 bits per heavy atom. The third-order valence-corrected chi connectivity index (χ3v) is 5.34. The van der Waals surface area contributed by atoms with Gasteiger partial charge in [-0.05, 0) is 54.4 Å². The van der Waals surface area contributed by atoms with Crippen LogP contribution >= 0.6 is 0 Å². The maximum atomic E-state index is 12.6. The summed E-state index contributed by atoms with van der Waals surface area (Å²) in [5.74, 6) is 1.66. The van der Waals surface area contributed by atoms with E-state index in [2.05, 4.69) is 5.32 Å². The second-order valence-electron chi connectivity index (χ2n) is 7.70. The maximum Gasteiger partial charge on any atom is 0.336 e. The minimum atomic E-state index is -0.387. The van der Waals surface area contributed by atoms with E-state index in [1.54, 1.807) is 36.4 Å². The van der Waals surface area contributed by atoms with Gasteiger partial charge in [-0.1, -0.05) is 12.1 Å². The minimum absolute atomic E-state index is 0.223. The van der Waals surface area contributed by atoms with Gasteiger partial charge in [0.1, 0.15) is 31.2 Å². The highest BCUT2D eigenvalue weighted by Gasteiger charge is 2.13. The molecular formula is C26H21NO6. The Kier molecular flexibility index (Phi) is 5.44. The molecule has 0 fully saturated rings. The second kappa shape index (κ2) is 8.70. The van der Waals surface area contributed by atoms with Gasteiger partial charge >= 0.3 is 5.63 Å². The largest absolute Gasteiger partial charge is 0.489 e. The molecule has 3 aromatic carbocycles. The predicted molar refractivity (Wildman–Crippen MR) is 123 cm³/mol. The highest BCUT2D eigenvalue weighted by molar-refractivity contribution is 6.04. The lowest BCUT2D eigenvalue weighted by Crippen LogP contribution is -2.16. The molecule has 1 aliphatic rings. The summed E-state index contributed by atoms with van der Waals surface area (Å²) in [6.07, 6.45) is 0. The molecule has 0 unspecified atom stereocenters. The number of fused-ring (bicyclic) bond motifs is 2. The van der Waals surface area contributed by atoms with Crippen molar-refractivity contribution in [3.8, 4) is 17.2 Å². The van der Waals surface area contributed by atoms with Gasteiger partial charge in [0, 0.05) is 34.8 Å². The summed E-state index contributed by atoms with van der Waals surface area (Å²) in [5, 5.41) is 3.74. The third-order valence-electron chi connectivity index (χ3n) is 5.34. The fraction of sp³-hybridized carbons (Fsp3) is 0.154. The average Bonchev–Trinajstić information content (AvgIpc) is 2.82. The van der Waals surface area contributed by atoms with E-state index in [1.165, 1.54) is 6.07 Å². The summed E-state index contributed by atoms with van der Waals surface area (Å²) in [5.41, 5.74) is 3.02. The summed E-state index contributed by atoms with van der Waals surface area (Å²) >= 11 is 0.